The predicted molar refractivity (Wildman–Crippen MR) is 68.4 cm³/mol. The van der Waals surface area contributed by atoms with Gasteiger partial charge in [0, 0.05) is 29.9 Å². The highest BCUT2D eigenvalue weighted by atomic mass is 16.6. The van der Waals surface area contributed by atoms with E-state index >= 15 is 0 Å². The second kappa shape index (κ2) is 5.01. The van der Waals surface area contributed by atoms with Crippen LogP contribution in [0, 0.1) is 10.1 Å². The second-order valence-electron chi connectivity index (χ2n) is 4.56. The number of carbonyl (C=O) groups is 1. The first-order valence-corrected chi connectivity index (χ1v) is 5.33. The van der Waals surface area contributed by atoms with Gasteiger partial charge in [0.25, 0.3) is 11.6 Å². The third-order valence-electron chi connectivity index (χ3n) is 2.46. The van der Waals surface area contributed by atoms with E-state index in [0.29, 0.717) is 12.2 Å². The molecule has 7 heteroatoms. The lowest BCUT2D eigenvalue weighted by Crippen LogP contribution is -2.39. The molecule has 7 nitrogen and oxygen atoms in total. The first-order valence-electron chi connectivity index (χ1n) is 5.33. The van der Waals surface area contributed by atoms with Crippen LogP contribution in [0.25, 0.3) is 0 Å². The number of benzene rings is 1. The number of rotatable bonds is 5. The Bertz CT molecular complexity index is 485. The summed E-state index contributed by atoms with van der Waals surface area (Å²) in [6.45, 7) is 4.03. The normalized spacial score (nSPS) is 11.1. The van der Waals surface area contributed by atoms with E-state index in [4.69, 9.17) is 11.5 Å². The van der Waals surface area contributed by atoms with Gasteiger partial charge in [-0.1, -0.05) is 0 Å². The van der Waals surface area contributed by atoms with Gasteiger partial charge in [-0.3, -0.25) is 14.9 Å². The van der Waals surface area contributed by atoms with Gasteiger partial charge in [0.05, 0.1) is 10.5 Å². The number of hydrogen-bond acceptors (Lipinski definition) is 5. The van der Waals surface area contributed by atoms with E-state index < -0.39 is 16.4 Å². The molecule has 18 heavy (non-hydrogen) atoms. The number of carbonyl (C=O) groups excluding carboxylic acids is 1. The van der Waals surface area contributed by atoms with E-state index in [-0.39, 0.29) is 11.3 Å². The van der Waals surface area contributed by atoms with Gasteiger partial charge in [-0.25, -0.2) is 0 Å². The van der Waals surface area contributed by atoms with Crippen molar-refractivity contribution in [3.63, 3.8) is 0 Å². The van der Waals surface area contributed by atoms with Crippen LogP contribution in [0.15, 0.2) is 18.2 Å². The molecule has 0 heterocycles. The predicted octanol–water partition coefficient (Wildman–Crippen LogP) is 0.843. The van der Waals surface area contributed by atoms with Crippen LogP contribution >= 0.6 is 0 Å². The number of amides is 1. The summed E-state index contributed by atoms with van der Waals surface area (Å²) in [5.41, 5.74) is 10.7. The van der Waals surface area contributed by atoms with E-state index in [1.807, 2.05) is 13.8 Å². The van der Waals surface area contributed by atoms with Crippen molar-refractivity contribution in [1.29, 1.82) is 0 Å². The Morgan fingerprint density at radius 2 is 2.11 bits per heavy atom. The fraction of sp³-hybridized carbons (Fsp3) is 0.364. The van der Waals surface area contributed by atoms with Crippen molar-refractivity contribution in [2.24, 2.45) is 11.5 Å². The SMILES string of the molecule is CC(C)(CN)Nc1ccc([N+](=O)[O-])cc1C(N)=O. The van der Waals surface area contributed by atoms with Crippen molar-refractivity contribution in [2.75, 3.05) is 11.9 Å². The minimum Gasteiger partial charge on any atom is -0.378 e. The summed E-state index contributed by atoms with van der Waals surface area (Å²) in [6, 6.07) is 3.91. The van der Waals surface area contributed by atoms with Crippen LogP contribution < -0.4 is 16.8 Å². The third kappa shape index (κ3) is 3.17. The molecular formula is C11H16N4O3. The molecule has 1 aromatic rings. The van der Waals surface area contributed by atoms with Gasteiger partial charge in [0.2, 0.25) is 0 Å². The van der Waals surface area contributed by atoms with Gasteiger partial charge in [-0.2, -0.15) is 0 Å². The topological polar surface area (TPSA) is 124 Å². The van der Waals surface area contributed by atoms with Crippen molar-refractivity contribution in [2.45, 2.75) is 19.4 Å². The molecule has 0 atom stereocenters. The molecule has 0 aliphatic heterocycles. The van der Waals surface area contributed by atoms with Gasteiger partial charge in [-0.05, 0) is 19.9 Å². The van der Waals surface area contributed by atoms with E-state index in [0.717, 1.165) is 6.07 Å². The lowest BCUT2D eigenvalue weighted by molar-refractivity contribution is -0.384. The molecule has 1 amide bonds. The lowest BCUT2D eigenvalue weighted by Gasteiger charge is -2.26. The summed E-state index contributed by atoms with van der Waals surface area (Å²) >= 11 is 0. The highest BCUT2D eigenvalue weighted by molar-refractivity contribution is 5.99. The molecule has 1 aromatic carbocycles. The summed E-state index contributed by atoms with van der Waals surface area (Å²) < 4.78 is 0. The molecule has 1 rings (SSSR count). The summed E-state index contributed by atoms with van der Waals surface area (Å²) in [5, 5.41) is 13.7. The number of nitrogens with one attached hydrogen (secondary N) is 1. The van der Waals surface area contributed by atoms with Crippen LogP contribution in [0.5, 0.6) is 0 Å². The molecule has 0 spiro atoms. The molecule has 0 aliphatic carbocycles. The van der Waals surface area contributed by atoms with Crippen LogP contribution in [0.3, 0.4) is 0 Å². The number of anilines is 1. The van der Waals surface area contributed by atoms with Crippen LogP contribution in [0.1, 0.15) is 24.2 Å². The summed E-state index contributed by atoms with van der Waals surface area (Å²) in [5.74, 6) is -0.728. The zero-order valence-electron chi connectivity index (χ0n) is 10.3. The smallest absolute Gasteiger partial charge is 0.270 e. The molecule has 0 saturated heterocycles. The molecular weight excluding hydrogens is 236 g/mol. The quantitative estimate of drug-likeness (QED) is 0.529. The maximum Gasteiger partial charge on any atom is 0.270 e. The first kappa shape index (κ1) is 13.9. The molecule has 5 N–H and O–H groups in total. The standard InChI is InChI=1S/C11H16N4O3/c1-11(2,6-12)14-9-4-3-7(15(17)18)5-8(9)10(13)16/h3-5,14H,6,12H2,1-2H3,(H2,13,16). The molecule has 98 valence electrons. The van der Waals surface area contributed by atoms with Gasteiger partial charge in [-0.15, -0.1) is 0 Å². The third-order valence-corrected chi connectivity index (χ3v) is 2.46. The maximum absolute atomic E-state index is 11.3. The van der Waals surface area contributed by atoms with E-state index in [2.05, 4.69) is 5.32 Å². The van der Waals surface area contributed by atoms with E-state index in [1.165, 1.54) is 12.1 Å². The molecule has 0 fully saturated rings. The first-order chi connectivity index (χ1) is 8.26. The van der Waals surface area contributed by atoms with Crippen molar-refractivity contribution in [3.8, 4) is 0 Å². The average molecular weight is 252 g/mol. The van der Waals surface area contributed by atoms with Crippen molar-refractivity contribution in [3.05, 3.63) is 33.9 Å². The largest absolute Gasteiger partial charge is 0.378 e. The fourth-order valence-electron chi connectivity index (χ4n) is 1.37. The Labute approximate surface area is 104 Å². The fourth-order valence-corrected chi connectivity index (χ4v) is 1.37. The highest BCUT2D eigenvalue weighted by Crippen LogP contribution is 2.24. The zero-order chi connectivity index (χ0) is 13.9. The molecule has 0 unspecified atom stereocenters. The number of nitro groups is 1. The Morgan fingerprint density at radius 1 is 1.50 bits per heavy atom. The molecule has 0 aliphatic rings. The summed E-state index contributed by atoms with van der Waals surface area (Å²) in [6.07, 6.45) is 0. The number of non-ortho nitro benzene ring substituents is 1. The number of primary amides is 1. The van der Waals surface area contributed by atoms with Crippen LogP contribution in [0.2, 0.25) is 0 Å². The Balaban J connectivity index is 3.20. The summed E-state index contributed by atoms with van der Waals surface area (Å²) in [4.78, 5) is 21.4. The van der Waals surface area contributed by atoms with Crippen LogP contribution in [0.4, 0.5) is 11.4 Å². The molecule has 0 radical (unpaired) electrons. The average Bonchev–Trinajstić information content (AvgIpc) is 2.28. The Kier molecular flexibility index (Phi) is 3.87. The van der Waals surface area contributed by atoms with Crippen LogP contribution in [-0.2, 0) is 0 Å². The van der Waals surface area contributed by atoms with E-state index in [1.54, 1.807) is 0 Å². The van der Waals surface area contributed by atoms with E-state index in [9.17, 15) is 14.9 Å². The molecule has 0 aromatic heterocycles. The van der Waals surface area contributed by atoms with Crippen molar-refractivity contribution in [1.82, 2.24) is 0 Å². The van der Waals surface area contributed by atoms with Crippen LogP contribution in [-0.4, -0.2) is 22.9 Å². The minimum absolute atomic E-state index is 0.0747. The van der Waals surface area contributed by atoms with Crippen molar-refractivity contribution >= 4 is 17.3 Å². The maximum atomic E-state index is 11.3. The lowest BCUT2D eigenvalue weighted by atomic mass is 10.0. The minimum atomic E-state index is -0.728. The van der Waals surface area contributed by atoms with Gasteiger partial charge in [0.1, 0.15) is 0 Å². The summed E-state index contributed by atoms with van der Waals surface area (Å²) in [7, 11) is 0. The van der Waals surface area contributed by atoms with Gasteiger partial charge >= 0.3 is 0 Å². The van der Waals surface area contributed by atoms with Gasteiger partial charge in [0.15, 0.2) is 0 Å². The highest BCUT2D eigenvalue weighted by Gasteiger charge is 2.20. The number of nitrogens with zero attached hydrogens (tertiary/aromatic N) is 1. The zero-order valence-corrected chi connectivity index (χ0v) is 10.3. The van der Waals surface area contributed by atoms with Crippen molar-refractivity contribution < 1.29 is 9.72 Å². The van der Waals surface area contributed by atoms with Gasteiger partial charge < -0.3 is 16.8 Å². The molecule has 0 bridgehead atoms. The Morgan fingerprint density at radius 3 is 2.56 bits per heavy atom. The second-order valence-corrected chi connectivity index (χ2v) is 4.56. The number of nitrogens with two attached hydrogens (primary N) is 2. The monoisotopic (exact) mass is 252 g/mol. The Hall–Kier alpha value is -2.15. The molecule has 0 saturated carbocycles. The number of nitro benzene ring substituents is 1. The number of hydrogen-bond donors (Lipinski definition) is 3.